The molecular weight excluding hydrogens is 172 g/mol. The molecule has 0 atom stereocenters. The van der Waals surface area contributed by atoms with Gasteiger partial charge >= 0.3 is 0 Å². The summed E-state index contributed by atoms with van der Waals surface area (Å²) in [6, 6.07) is 4.09. The molecule has 1 aromatic carbocycles. The van der Waals surface area contributed by atoms with Crippen LogP contribution in [0.4, 0.5) is 8.78 Å². The zero-order chi connectivity index (χ0) is 9.26. The first-order chi connectivity index (χ1) is 6.29. The van der Waals surface area contributed by atoms with E-state index in [1.54, 1.807) is 12.3 Å². The van der Waals surface area contributed by atoms with Crippen LogP contribution in [0.2, 0.25) is 0 Å². The van der Waals surface area contributed by atoms with Crippen molar-refractivity contribution in [2.45, 2.75) is 0 Å². The van der Waals surface area contributed by atoms with Crippen molar-refractivity contribution in [2.75, 3.05) is 0 Å². The second-order valence-electron chi connectivity index (χ2n) is 2.65. The van der Waals surface area contributed by atoms with Crippen molar-refractivity contribution in [2.24, 2.45) is 0 Å². The number of halogens is 2. The smallest absolute Gasteiger partial charge is 0.166 e. The average molecular weight is 178 g/mol. The van der Waals surface area contributed by atoms with E-state index in [0.717, 1.165) is 6.07 Å². The molecule has 1 aliphatic heterocycles. The molecule has 0 saturated carbocycles. The lowest BCUT2D eigenvalue weighted by Crippen LogP contribution is -1.91. The molecule has 0 bridgehead atoms. The molecule has 0 aliphatic carbocycles. The lowest BCUT2D eigenvalue weighted by Gasteiger charge is -2.01. The van der Waals surface area contributed by atoms with Gasteiger partial charge in [0, 0.05) is 23.5 Å². The maximum absolute atomic E-state index is 13.2. The molecule has 1 radical (unpaired) electrons. The molecule has 1 heterocycles. The van der Waals surface area contributed by atoms with Crippen LogP contribution in [0.25, 0.3) is 5.57 Å². The van der Waals surface area contributed by atoms with E-state index in [9.17, 15) is 8.78 Å². The predicted octanol–water partition coefficient (Wildman–Crippen LogP) is 2.44. The van der Waals surface area contributed by atoms with E-state index in [0.29, 0.717) is 5.57 Å². The maximum atomic E-state index is 13.2. The van der Waals surface area contributed by atoms with Crippen molar-refractivity contribution in [3.63, 3.8) is 0 Å². The summed E-state index contributed by atoms with van der Waals surface area (Å²) in [5.41, 5.74) is 0.842. The van der Waals surface area contributed by atoms with Gasteiger partial charge in [-0.05, 0) is 12.1 Å². The molecule has 65 valence electrons. The van der Waals surface area contributed by atoms with Crippen LogP contribution in [-0.4, -0.2) is 0 Å². The minimum atomic E-state index is -0.835. The lowest BCUT2D eigenvalue weighted by atomic mass is 10.1. The Hall–Kier alpha value is -1.64. The zero-order valence-electron chi connectivity index (χ0n) is 6.67. The molecule has 0 fully saturated rings. The van der Waals surface area contributed by atoms with Gasteiger partial charge in [0.15, 0.2) is 11.6 Å². The number of nitrogens with zero attached hydrogens (tertiary/aromatic N) is 1. The standard InChI is InChI=1S/C10H6F2N/c11-9-3-1-2-8(10(9)12)7-4-5-13-6-7/h1-6H. The van der Waals surface area contributed by atoms with Crippen LogP contribution in [0, 0.1) is 11.6 Å². The summed E-state index contributed by atoms with van der Waals surface area (Å²) in [6.45, 7) is 0. The first kappa shape index (κ1) is 7.98. The number of hydrogen-bond acceptors (Lipinski definition) is 0. The summed E-state index contributed by atoms with van der Waals surface area (Å²) in [5, 5.41) is 3.78. The van der Waals surface area contributed by atoms with Gasteiger partial charge in [-0.3, -0.25) is 5.32 Å². The largest absolute Gasteiger partial charge is 0.264 e. The van der Waals surface area contributed by atoms with E-state index in [-0.39, 0.29) is 5.56 Å². The monoisotopic (exact) mass is 178 g/mol. The van der Waals surface area contributed by atoms with Crippen LogP contribution in [0.5, 0.6) is 0 Å². The molecule has 0 N–H and O–H groups in total. The Kier molecular flexibility index (Phi) is 1.85. The van der Waals surface area contributed by atoms with E-state index < -0.39 is 11.6 Å². The van der Waals surface area contributed by atoms with Gasteiger partial charge in [-0.1, -0.05) is 12.1 Å². The number of hydrogen-bond donors (Lipinski definition) is 0. The van der Waals surface area contributed by atoms with Gasteiger partial charge in [0.25, 0.3) is 0 Å². The Balaban J connectivity index is 2.51. The van der Waals surface area contributed by atoms with Crippen molar-refractivity contribution in [3.05, 3.63) is 53.9 Å². The molecule has 0 saturated heterocycles. The molecule has 0 aromatic heterocycles. The van der Waals surface area contributed by atoms with Crippen LogP contribution in [0.1, 0.15) is 5.56 Å². The molecule has 1 aliphatic rings. The normalized spacial score (nSPS) is 14.2. The topological polar surface area (TPSA) is 14.1 Å². The van der Waals surface area contributed by atoms with Crippen LogP contribution in [-0.2, 0) is 0 Å². The highest BCUT2D eigenvalue weighted by Crippen LogP contribution is 2.22. The second-order valence-corrected chi connectivity index (χ2v) is 2.65. The quantitative estimate of drug-likeness (QED) is 0.627. The van der Waals surface area contributed by atoms with Crippen LogP contribution in [0.15, 0.2) is 36.7 Å². The van der Waals surface area contributed by atoms with Crippen molar-refractivity contribution in [1.82, 2.24) is 5.32 Å². The van der Waals surface area contributed by atoms with Gasteiger partial charge < -0.3 is 0 Å². The van der Waals surface area contributed by atoms with E-state index in [1.807, 2.05) is 0 Å². The van der Waals surface area contributed by atoms with E-state index >= 15 is 0 Å². The lowest BCUT2D eigenvalue weighted by molar-refractivity contribution is 0.506. The molecule has 2 rings (SSSR count). The van der Waals surface area contributed by atoms with Crippen molar-refractivity contribution in [3.8, 4) is 0 Å². The average Bonchev–Trinajstić information content (AvgIpc) is 2.62. The summed E-state index contributed by atoms with van der Waals surface area (Å²) in [5.74, 6) is -1.66. The molecule has 0 spiro atoms. The van der Waals surface area contributed by atoms with Gasteiger partial charge in [-0.2, -0.15) is 0 Å². The Morgan fingerprint density at radius 2 is 2.00 bits per heavy atom. The fourth-order valence-corrected chi connectivity index (χ4v) is 1.18. The Labute approximate surface area is 74.4 Å². The van der Waals surface area contributed by atoms with Crippen LogP contribution >= 0.6 is 0 Å². The summed E-state index contributed by atoms with van der Waals surface area (Å²) in [4.78, 5) is 0. The highest BCUT2D eigenvalue weighted by molar-refractivity contribution is 5.75. The second kappa shape index (κ2) is 3.01. The zero-order valence-corrected chi connectivity index (χ0v) is 6.67. The van der Waals surface area contributed by atoms with Crippen LogP contribution < -0.4 is 5.32 Å². The van der Waals surface area contributed by atoms with Crippen molar-refractivity contribution < 1.29 is 8.78 Å². The highest BCUT2D eigenvalue weighted by atomic mass is 19.2. The predicted molar refractivity (Wildman–Crippen MR) is 45.6 cm³/mol. The summed E-state index contributed by atoms with van der Waals surface area (Å²) < 4.78 is 25.9. The van der Waals surface area contributed by atoms with Gasteiger partial charge in [-0.25, -0.2) is 8.78 Å². The molecule has 1 aromatic rings. The molecule has 0 amide bonds. The molecule has 0 unspecified atom stereocenters. The molecular formula is C10H6F2N. The third-order valence-corrected chi connectivity index (χ3v) is 1.82. The number of benzene rings is 1. The van der Waals surface area contributed by atoms with Gasteiger partial charge in [0.2, 0.25) is 0 Å². The first-order valence-corrected chi connectivity index (χ1v) is 3.80. The molecule has 13 heavy (non-hydrogen) atoms. The number of allylic oxidation sites excluding steroid dienone is 2. The van der Waals surface area contributed by atoms with E-state index in [1.165, 1.54) is 18.3 Å². The van der Waals surface area contributed by atoms with Crippen molar-refractivity contribution >= 4 is 5.57 Å². The fraction of sp³-hybridized carbons (Fsp3) is 0. The minimum absolute atomic E-state index is 0.248. The summed E-state index contributed by atoms with van der Waals surface area (Å²) in [7, 11) is 0. The van der Waals surface area contributed by atoms with E-state index in [2.05, 4.69) is 5.32 Å². The maximum Gasteiger partial charge on any atom is 0.166 e. The SMILES string of the molecule is Fc1cccc(C2=C[N]C=C2)c1F. The third kappa shape index (κ3) is 1.33. The molecule has 3 heteroatoms. The Morgan fingerprint density at radius 3 is 2.69 bits per heavy atom. The summed E-state index contributed by atoms with van der Waals surface area (Å²) in [6.07, 6.45) is 4.68. The minimum Gasteiger partial charge on any atom is -0.264 e. The van der Waals surface area contributed by atoms with Crippen molar-refractivity contribution in [1.29, 1.82) is 0 Å². The number of rotatable bonds is 1. The van der Waals surface area contributed by atoms with Gasteiger partial charge in [0.1, 0.15) is 0 Å². The fourth-order valence-electron chi connectivity index (χ4n) is 1.18. The Morgan fingerprint density at radius 1 is 1.15 bits per heavy atom. The van der Waals surface area contributed by atoms with Gasteiger partial charge in [0.05, 0.1) is 0 Å². The third-order valence-electron chi connectivity index (χ3n) is 1.82. The molecule has 1 nitrogen and oxygen atoms in total. The first-order valence-electron chi connectivity index (χ1n) is 3.80. The highest BCUT2D eigenvalue weighted by Gasteiger charge is 2.11. The van der Waals surface area contributed by atoms with Crippen LogP contribution in [0.3, 0.4) is 0 Å². The van der Waals surface area contributed by atoms with Gasteiger partial charge in [-0.15, -0.1) is 0 Å². The Bertz CT molecular complexity index is 394. The summed E-state index contributed by atoms with van der Waals surface area (Å²) >= 11 is 0. The van der Waals surface area contributed by atoms with E-state index in [4.69, 9.17) is 0 Å².